The molecule has 3 N–H and O–H groups in total. The number of rotatable bonds is 6. The van der Waals surface area contributed by atoms with Gasteiger partial charge in [-0.2, -0.15) is 0 Å². The van der Waals surface area contributed by atoms with Gasteiger partial charge in [-0.25, -0.2) is 19.8 Å². The lowest BCUT2D eigenvalue weighted by atomic mass is 9.99. The molecular formula is C24H26FN5O2. The van der Waals surface area contributed by atoms with Crippen LogP contribution in [0.15, 0.2) is 54.7 Å². The number of nitrogens with one attached hydrogen (secondary N) is 2. The van der Waals surface area contributed by atoms with Gasteiger partial charge in [-0.05, 0) is 62.2 Å². The number of benzene rings is 2. The van der Waals surface area contributed by atoms with Crippen molar-refractivity contribution >= 4 is 17.5 Å². The Morgan fingerprint density at radius 1 is 1.16 bits per heavy atom. The molecule has 1 amide bonds. The lowest BCUT2D eigenvalue weighted by molar-refractivity contribution is 0.0706. The van der Waals surface area contributed by atoms with E-state index in [-0.39, 0.29) is 5.82 Å². The van der Waals surface area contributed by atoms with Gasteiger partial charge >= 0.3 is 0 Å². The third kappa shape index (κ3) is 5.27. The average Bonchev–Trinajstić information content (AvgIpc) is 2.82. The highest BCUT2D eigenvalue weighted by molar-refractivity contribution is 5.93. The number of halogens is 1. The van der Waals surface area contributed by atoms with Crippen molar-refractivity contribution in [2.45, 2.75) is 26.3 Å². The van der Waals surface area contributed by atoms with Crippen molar-refractivity contribution in [1.82, 2.24) is 20.3 Å². The van der Waals surface area contributed by atoms with Crippen LogP contribution < -0.4 is 10.8 Å². The third-order valence-corrected chi connectivity index (χ3v) is 5.78. The van der Waals surface area contributed by atoms with E-state index in [2.05, 4.69) is 27.1 Å². The van der Waals surface area contributed by atoms with Crippen LogP contribution in [0, 0.1) is 11.7 Å². The summed E-state index contributed by atoms with van der Waals surface area (Å²) < 4.78 is 14.7. The lowest BCUT2D eigenvalue weighted by Crippen LogP contribution is -2.32. The molecule has 4 rings (SSSR count). The maximum Gasteiger partial charge on any atom is 0.274 e. The molecule has 7 nitrogen and oxygen atoms in total. The van der Waals surface area contributed by atoms with Crippen molar-refractivity contribution in [3.63, 3.8) is 0 Å². The minimum Gasteiger partial charge on any atom is -0.324 e. The van der Waals surface area contributed by atoms with E-state index in [0.717, 1.165) is 37.4 Å². The number of aromatic nitrogens is 2. The summed E-state index contributed by atoms with van der Waals surface area (Å²) in [7, 11) is 0. The van der Waals surface area contributed by atoms with Gasteiger partial charge < -0.3 is 5.32 Å². The van der Waals surface area contributed by atoms with Crippen LogP contribution in [0.5, 0.6) is 0 Å². The Balaban J connectivity index is 1.44. The summed E-state index contributed by atoms with van der Waals surface area (Å²) in [6.07, 6.45) is 3.93. The number of hydrogen-bond acceptors (Lipinski definition) is 6. The van der Waals surface area contributed by atoms with E-state index < -0.39 is 5.91 Å². The maximum atomic E-state index is 14.7. The fraction of sp³-hybridized carbons (Fsp3) is 0.292. The standard InChI is InChI=1S/C24H26FN5O2/c1-16-9-12-30(13-10-16)15-19-6-7-20(14-21(19)25)27-24-26-11-8-22(28-24)17-2-4-18(5-3-17)23(31)29-32/h2-8,11,14,16,32H,9-10,12-13,15H2,1H3,(H,29,31)(H,26,27,28). The first-order valence-corrected chi connectivity index (χ1v) is 10.7. The number of nitrogens with zero attached hydrogens (tertiary/aromatic N) is 3. The second-order valence-electron chi connectivity index (χ2n) is 8.17. The highest BCUT2D eigenvalue weighted by atomic mass is 19.1. The van der Waals surface area contributed by atoms with E-state index in [9.17, 15) is 9.18 Å². The van der Waals surface area contributed by atoms with Gasteiger partial charge in [0.2, 0.25) is 5.95 Å². The molecule has 0 spiro atoms. The fourth-order valence-electron chi connectivity index (χ4n) is 3.78. The van der Waals surface area contributed by atoms with Crippen molar-refractivity contribution in [2.24, 2.45) is 5.92 Å². The number of hydroxylamine groups is 1. The minimum atomic E-state index is -0.582. The molecule has 1 aliphatic rings. The number of carbonyl (C=O) groups excluding carboxylic acids is 1. The van der Waals surface area contributed by atoms with Crippen LogP contribution in [0.3, 0.4) is 0 Å². The van der Waals surface area contributed by atoms with Gasteiger partial charge in [0.1, 0.15) is 5.82 Å². The first-order chi connectivity index (χ1) is 15.5. The van der Waals surface area contributed by atoms with Crippen molar-refractivity contribution in [3.05, 3.63) is 71.7 Å². The van der Waals surface area contributed by atoms with Crippen LogP contribution in [-0.2, 0) is 6.54 Å². The van der Waals surface area contributed by atoms with Crippen LogP contribution in [0.4, 0.5) is 16.0 Å². The first-order valence-electron chi connectivity index (χ1n) is 10.7. The molecule has 0 radical (unpaired) electrons. The monoisotopic (exact) mass is 435 g/mol. The summed E-state index contributed by atoms with van der Waals surface area (Å²) in [5.41, 5.74) is 4.62. The summed E-state index contributed by atoms with van der Waals surface area (Å²) in [6.45, 7) is 4.90. The van der Waals surface area contributed by atoms with E-state index in [1.807, 2.05) is 12.1 Å². The average molecular weight is 436 g/mol. The van der Waals surface area contributed by atoms with Crippen molar-refractivity contribution < 1.29 is 14.4 Å². The summed E-state index contributed by atoms with van der Waals surface area (Å²) in [5.74, 6) is 0.262. The topological polar surface area (TPSA) is 90.4 Å². The quantitative estimate of drug-likeness (QED) is 0.393. The smallest absolute Gasteiger partial charge is 0.274 e. The van der Waals surface area contributed by atoms with Crippen LogP contribution in [-0.4, -0.2) is 39.1 Å². The fourth-order valence-corrected chi connectivity index (χ4v) is 3.78. The molecule has 0 bridgehead atoms. The number of piperidine rings is 1. The second kappa shape index (κ2) is 9.84. The van der Waals surface area contributed by atoms with Gasteiger partial charge in [-0.1, -0.05) is 25.1 Å². The molecule has 0 atom stereocenters. The number of likely N-dealkylation sites (tertiary alicyclic amines) is 1. The molecule has 0 saturated carbocycles. The SMILES string of the molecule is CC1CCN(Cc2ccc(Nc3nccc(-c4ccc(C(=O)NO)cc4)n3)cc2F)CC1. The molecule has 3 aromatic rings. The predicted octanol–water partition coefficient (Wildman–Crippen LogP) is 4.38. The Morgan fingerprint density at radius 3 is 2.59 bits per heavy atom. The van der Waals surface area contributed by atoms with Crippen LogP contribution in [0.2, 0.25) is 0 Å². The lowest BCUT2D eigenvalue weighted by Gasteiger charge is -2.30. The number of amides is 1. The van der Waals surface area contributed by atoms with E-state index >= 15 is 0 Å². The van der Waals surface area contributed by atoms with Crippen molar-refractivity contribution in [1.29, 1.82) is 0 Å². The first kappa shape index (κ1) is 21.9. The predicted molar refractivity (Wildman–Crippen MR) is 120 cm³/mol. The van der Waals surface area contributed by atoms with Crippen molar-refractivity contribution in [3.8, 4) is 11.3 Å². The Kier molecular flexibility index (Phi) is 6.72. The zero-order valence-electron chi connectivity index (χ0n) is 17.9. The molecule has 32 heavy (non-hydrogen) atoms. The normalized spacial score (nSPS) is 14.8. The van der Waals surface area contributed by atoms with E-state index in [1.54, 1.807) is 42.0 Å². The third-order valence-electron chi connectivity index (χ3n) is 5.78. The minimum absolute atomic E-state index is 0.248. The Labute approximate surface area is 186 Å². The van der Waals surface area contributed by atoms with Gasteiger partial charge in [0, 0.05) is 35.1 Å². The molecule has 2 heterocycles. The Hall–Kier alpha value is -3.36. The Bertz CT molecular complexity index is 1080. The zero-order chi connectivity index (χ0) is 22.5. The highest BCUT2D eigenvalue weighted by Gasteiger charge is 2.17. The van der Waals surface area contributed by atoms with Crippen LogP contribution in [0.1, 0.15) is 35.7 Å². The van der Waals surface area contributed by atoms with Gasteiger partial charge in [-0.3, -0.25) is 14.9 Å². The molecule has 2 aromatic carbocycles. The molecule has 8 heteroatoms. The molecule has 1 fully saturated rings. The van der Waals surface area contributed by atoms with E-state index in [0.29, 0.717) is 35.0 Å². The molecule has 1 saturated heterocycles. The molecule has 1 aliphatic heterocycles. The second-order valence-corrected chi connectivity index (χ2v) is 8.17. The van der Waals surface area contributed by atoms with Gasteiger partial charge in [0.25, 0.3) is 5.91 Å². The molecule has 0 aliphatic carbocycles. The van der Waals surface area contributed by atoms with Crippen LogP contribution >= 0.6 is 0 Å². The van der Waals surface area contributed by atoms with E-state index in [1.165, 1.54) is 6.07 Å². The van der Waals surface area contributed by atoms with Gasteiger partial charge in [-0.15, -0.1) is 0 Å². The Morgan fingerprint density at radius 2 is 1.91 bits per heavy atom. The zero-order valence-corrected chi connectivity index (χ0v) is 17.9. The molecular weight excluding hydrogens is 409 g/mol. The summed E-state index contributed by atoms with van der Waals surface area (Å²) in [4.78, 5) is 22.5. The number of anilines is 2. The summed E-state index contributed by atoms with van der Waals surface area (Å²) in [5, 5.41) is 11.8. The number of hydrogen-bond donors (Lipinski definition) is 3. The maximum absolute atomic E-state index is 14.7. The van der Waals surface area contributed by atoms with Crippen molar-refractivity contribution in [2.75, 3.05) is 18.4 Å². The van der Waals surface area contributed by atoms with Gasteiger partial charge in [0.15, 0.2) is 0 Å². The summed E-state index contributed by atoms with van der Waals surface area (Å²) >= 11 is 0. The number of carbonyl (C=O) groups is 1. The molecule has 0 unspecified atom stereocenters. The van der Waals surface area contributed by atoms with E-state index in [4.69, 9.17) is 5.21 Å². The highest BCUT2D eigenvalue weighted by Crippen LogP contribution is 2.23. The van der Waals surface area contributed by atoms with Crippen LogP contribution in [0.25, 0.3) is 11.3 Å². The summed E-state index contributed by atoms with van der Waals surface area (Å²) in [6, 6.07) is 13.5. The molecule has 166 valence electrons. The van der Waals surface area contributed by atoms with Gasteiger partial charge in [0.05, 0.1) is 5.69 Å². The molecule has 1 aromatic heterocycles. The largest absolute Gasteiger partial charge is 0.324 e.